The fraction of sp³-hybridized carbons (Fsp3) is 0.381. The molecule has 4 rings (SSSR count). The molecule has 0 spiro atoms. The van der Waals surface area contributed by atoms with Crippen LogP contribution in [0.1, 0.15) is 24.4 Å². The minimum absolute atomic E-state index is 0.141. The van der Waals surface area contributed by atoms with Gasteiger partial charge in [0.05, 0.1) is 5.52 Å². The lowest BCUT2D eigenvalue weighted by Gasteiger charge is -2.33. The first-order valence-electron chi connectivity index (χ1n) is 9.86. The molecule has 31 heavy (non-hydrogen) atoms. The van der Waals surface area contributed by atoms with E-state index in [-0.39, 0.29) is 11.8 Å². The van der Waals surface area contributed by atoms with Gasteiger partial charge in [0.1, 0.15) is 5.75 Å². The Hall–Kier alpha value is -3.14. The van der Waals surface area contributed by atoms with E-state index in [2.05, 4.69) is 14.6 Å². The van der Waals surface area contributed by atoms with Crippen molar-refractivity contribution >= 4 is 11.2 Å². The number of likely N-dealkylation sites (tertiary alicyclic amines) is 1. The van der Waals surface area contributed by atoms with E-state index >= 15 is 0 Å². The quantitative estimate of drug-likeness (QED) is 0.591. The van der Waals surface area contributed by atoms with Gasteiger partial charge >= 0.3 is 17.5 Å². The predicted octanol–water partition coefficient (Wildman–Crippen LogP) is 2.83. The molecular formula is C21H21F3N4O3. The molecule has 1 aliphatic heterocycles. The first-order valence-corrected chi connectivity index (χ1v) is 9.86. The van der Waals surface area contributed by atoms with Crippen LogP contribution in [-0.4, -0.2) is 38.5 Å². The van der Waals surface area contributed by atoms with Gasteiger partial charge in [0.25, 0.3) is 0 Å². The predicted molar refractivity (Wildman–Crippen MR) is 108 cm³/mol. The van der Waals surface area contributed by atoms with E-state index in [0.29, 0.717) is 43.6 Å². The highest BCUT2D eigenvalue weighted by Crippen LogP contribution is 2.26. The molecule has 3 aromatic rings. The second-order valence-electron chi connectivity index (χ2n) is 7.58. The summed E-state index contributed by atoms with van der Waals surface area (Å²) >= 11 is 0. The highest BCUT2D eigenvalue weighted by atomic mass is 19.4. The molecule has 1 aliphatic rings. The molecule has 1 aromatic carbocycles. The van der Waals surface area contributed by atoms with Crippen LogP contribution in [0.25, 0.3) is 11.2 Å². The molecule has 164 valence electrons. The molecule has 1 fully saturated rings. The summed E-state index contributed by atoms with van der Waals surface area (Å²) in [5.41, 5.74) is 0.811. The summed E-state index contributed by atoms with van der Waals surface area (Å²) in [6, 6.07) is 9.16. The van der Waals surface area contributed by atoms with Gasteiger partial charge in [0, 0.05) is 38.9 Å². The molecule has 0 bridgehead atoms. The third-order valence-electron chi connectivity index (χ3n) is 5.55. The van der Waals surface area contributed by atoms with Crippen LogP contribution < -0.4 is 15.9 Å². The van der Waals surface area contributed by atoms with E-state index in [9.17, 15) is 22.8 Å². The van der Waals surface area contributed by atoms with E-state index in [0.717, 1.165) is 5.56 Å². The van der Waals surface area contributed by atoms with Crippen molar-refractivity contribution in [2.75, 3.05) is 13.1 Å². The lowest BCUT2D eigenvalue weighted by atomic mass is 10.0. The number of aromatic nitrogens is 3. The summed E-state index contributed by atoms with van der Waals surface area (Å²) in [6.45, 7) is 1.94. The van der Waals surface area contributed by atoms with Gasteiger partial charge in [-0.3, -0.25) is 19.1 Å². The topological polar surface area (TPSA) is 69.4 Å². The van der Waals surface area contributed by atoms with Crippen LogP contribution in [0.5, 0.6) is 5.75 Å². The van der Waals surface area contributed by atoms with Crippen molar-refractivity contribution in [1.29, 1.82) is 0 Å². The summed E-state index contributed by atoms with van der Waals surface area (Å²) in [4.78, 5) is 31.6. The number of piperidine rings is 1. The molecular weight excluding hydrogens is 413 g/mol. The Morgan fingerprint density at radius 3 is 2.39 bits per heavy atom. The Bertz CT molecular complexity index is 1190. The molecule has 0 unspecified atom stereocenters. The number of alkyl halides is 3. The van der Waals surface area contributed by atoms with E-state index < -0.39 is 17.5 Å². The van der Waals surface area contributed by atoms with Crippen molar-refractivity contribution in [2.24, 2.45) is 7.05 Å². The van der Waals surface area contributed by atoms with Crippen LogP contribution >= 0.6 is 0 Å². The van der Waals surface area contributed by atoms with Crippen LogP contribution in [0.4, 0.5) is 13.2 Å². The Balaban J connectivity index is 1.46. The lowest BCUT2D eigenvalue weighted by Crippen LogP contribution is -2.45. The zero-order valence-corrected chi connectivity index (χ0v) is 16.8. The first kappa shape index (κ1) is 21.1. The molecule has 0 saturated carbocycles. The van der Waals surface area contributed by atoms with E-state index in [1.807, 2.05) is 0 Å². The zero-order valence-electron chi connectivity index (χ0n) is 16.8. The molecule has 10 heteroatoms. The Kier molecular flexibility index (Phi) is 5.57. The highest BCUT2D eigenvalue weighted by Gasteiger charge is 2.31. The van der Waals surface area contributed by atoms with Gasteiger partial charge in [-0.15, -0.1) is 13.2 Å². The van der Waals surface area contributed by atoms with Gasteiger partial charge in [-0.1, -0.05) is 12.1 Å². The highest BCUT2D eigenvalue weighted by molar-refractivity contribution is 5.70. The zero-order chi connectivity index (χ0) is 22.2. The SMILES string of the molecule is Cn1c(=O)c(=O)n(C2CCN(Cc3ccc(OC(F)(F)F)cc3)CC2)c2ncccc21. The fourth-order valence-electron chi connectivity index (χ4n) is 4.02. The summed E-state index contributed by atoms with van der Waals surface area (Å²) in [5.74, 6) is -0.251. The van der Waals surface area contributed by atoms with Crippen molar-refractivity contribution in [3.8, 4) is 5.75 Å². The molecule has 0 radical (unpaired) electrons. The third-order valence-corrected chi connectivity index (χ3v) is 5.55. The molecule has 0 atom stereocenters. The van der Waals surface area contributed by atoms with Gasteiger partial charge in [-0.2, -0.15) is 0 Å². The van der Waals surface area contributed by atoms with Crippen LogP contribution in [-0.2, 0) is 13.6 Å². The van der Waals surface area contributed by atoms with Crippen molar-refractivity contribution in [1.82, 2.24) is 19.0 Å². The summed E-state index contributed by atoms with van der Waals surface area (Å²) in [7, 11) is 1.56. The van der Waals surface area contributed by atoms with Crippen molar-refractivity contribution in [3.63, 3.8) is 0 Å². The number of rotatable bonds is 4. The largest absolute Gasteiger partial charge is 0.573 e. The Labute approximate surface area is 175 Å². The number of hydrogen-bond acceptors (Lipinski definition) is 5. The molecule has 0 N–H and O–H groups in total. The molecule has 2 aromatic heterocycles. The Morgan fingerprint density at radius 1 is 1.06 bits per heavy atom. The lowest BCUT2D eigenvalue weighted by molar-refractivity contribution is -0.274. The number of nitrogens with zero attached hydrogens (tertiary/aromatic N) is 4. The molecule has 0 amide bonds. The fourth-order valence-corrected chi connectivity index (χ4v) is 4.02. The van der Waals surface area contributed by atoms with Gasteiger partial charge in [-0.05, 0) is 42.7 Å². The second-order valence-corrected chi connectivity index (χ2v) is 7.58. The maximum atomic E-state index is 12.7. The van der Waals surface area contributed by atoms with E-state index in [1.54, 1.807) is 37.5 Å². The van der Waals surface area contributed by atoms with Crippen molar-refractivity contribution < 1.29 is 17.9 Å². The minimum Gasteiger partial charge on any atom is -0.406 e. The molecule has 0 aliphatic carbocycles. The van der Waals surface area contributed by atoms with Crippen molar-refractivity contribution in [2.45, 2.75) is 31.8 Å². The summed E-state index contributed by atoms with van der Waals surface area (Å²) in [6.07, 6.45) is -1.79. The number of benzene rings is 1. The smallest absolute Gasteiger partial charge is 0.406 e. The van der Waals surface area contributed by atoms with Crippen LogP contribution in [0.2, 0.25) is 0 Å². The normalized spacial score (nSPS) is 16.0. The summed E-state index contributed by atoms with van der Waals surface area (Å²) < 4.78 is 43.6. The molecule has 3 heterocycles. The standard InChI is InChI=1S/C21H21F3N4O3/c1-26-17-3-2-10-25-18(17)28(20(30)19(26)29)15-8-11-27(12-9-15)13-14-4-6-16(7-5-14)31-21(22,23)24/h2-7,10,15H,8-9,11-13H2,1H3. The number of fused-ring (bicyclic) bond motifs is 1. The first-order chi connectivity index (χ1) is 14.7. The van der Waals surface area contributed by atoms with Gasteiger partial charge in [0.15, 0.2) is 5.65 Å². The van der Waals surface area contributed by atoms with E-state index in [4.69, 9.17) is 0 Å². The number of aryl methyl sites for hydroxylation is 1. The third kappa shape index (κ3) is 4.48. The number of hydrogen-bond donors (Lipinski definition) is 0. The Morgan fingerprint density at radius 2 is 1.74 bits per heavy atom. The average Bonchev–Trinajstić information content (AvgIpc) is 2.74. The van der Waals surface area contributed by atoms with Crippen LogP contribution in [0.15, 0.2) is 52.2 Å². The number of pyridine rings is 1. The molecule has 7 nitrogen and oxygen atoms in total. The van der Waals surface area contributed by atoms with Crippen molar-refractivity contribution in [3.05, 3.63) is 68.9 Å². The van der Waals surface area contributed by atoms with E-state index in [1.165, 1.54) is 21.3 Å². The minimum atomic E-state index is -4.71. The maximum absolute atomic E-state index is 12.7. The van der Waals surface area contributed by atoms with Gasteiger partial charge in [0.2, 0.25) is 0 Å². The monoisotopic (exact) mass is 434 g/mol. The number of ether oxygens (including phenoxy) is 1. The number of halogens is 3. The van der Waals surface area contributed by atoms with Gasteiger partial charge < -0.3 is 9.30 Å². The average molecular weight is 434 g/mol. The molecule has 1 saturated heterocycles. The van der Waals surface area contributed by atoms with Crippen LogP contribution in [0.3, 0.4) is 0 Å². The van der Waals surface area contributed by atoms with Crippen LogP contribution in [0, 0.1) is 0 Å². The second kappa shape index (κ2) is 8.18. The van der Waals surface area contributed by atoms with Gasteiger partial charge in [-0.25, -0.2) is 4.98 Å². The maximum Gasteiger partial charge on any atom is 0.573 e. The summed E-state index contributed by atoms with van der Waals surface area (Å²) in [5, 5.41) is 0.